The van der Waals surface area contributed by atoms with Crippen LogP contribution in [0.4, 0.5) is 0 Å². The molecule has 0 saturated carbocycles. The fraction of sp³-hybridized carbons (Fsp3) is 0.273. The number of rotatable bonds is 8. The number of benzene rings is 2. The Morgan fingerprint density at radius 3 is 2.66 bits per heavy atom. The molecule has 1 aromatic heterocycles. The number of methoxy groups -OCH3 is 2. The molecule has 0 aliphatic rings. The first kappa shape index (κ1) is 20.3. The average Bonchev–Trinajstić information content (AvgIpc) is 3.10. The Balaban J connectivity index is 1.85. The zero-order valence-corrected chi connectivity index (χ0v) is 16.6. The van der Waals surface area contributed by atoms with Gasteiger partial charge in [-0.25, -0.2) is 0 Å². The van der Waals surface area contributed by atoms with Crippen molar-refractivity contribution in [2.24, 2.45) is 0 Å². The highest BCUT2D eigenvalue weighted by Crippen LogP contribution is 2.31. The summed E-state index contributed by atoms with van der Waals surface area (Å²) in [4.78, 5) is 27.3. The summed E-state index contributed by atoms with van der Waals surface area (Å²) in [5.74, 6) is -0.242. The van der Waals surface area contributed by atoms with Gasteiger partial charge in [0.2, 0.25) is 5.91 Å². The van der Waals surface area contributed by atoms with Gasteiger partial charge in [-0.15, -0.1) is 0 Å². The van der Waals surface area contributed by atoms with Crippen LogP contribution in [0, 0.1) is 6.92 Å². The highest BCUT2D eigenvalue weighted by molar-refractivity contribution is 5.91. The van der Waals surface area contributed by atoms with Crippen LogP contribution in [0.3, 0.4) is 0 Å². The number of carboxylic acids is 1. The molecule has 3 N–H and O–H groups in total. The molecule has 1 unspecified atom stereocenters. The number of aromatic amines is 1. The minimum absolute atomic E-state index is 0.138. The SMILES string of the molecule is COc1ccc(C(CC(=O)O)NC(=O)Cc2c[nH]c3cccc(C)c23)c(OC)c1. The molecule has 1 amide bonds. The van der Waals surface area contributed by atoms with E-state index in [4.69, 9.17) is 9.47 Å². The number of H-pyrrole nitrogens is 1. The molecular weight excluding hydrogens is 372 g/mol. The number of amides is 1. The van der Waals surface area contributed by atoms with Crippen molar-refractivity contribution < 1.29 is 24.2 Å². The number of fused-ring (bicyclic) bond motifs is 1. The third kappa shape index (κ3) is 4.51. The van der Waals surface area contributed by atoms with Crippen LogP contribution in [0.15, 0.2) is 42.6 Å². The molecule has 7 heteroatoms. The number of nitrogens with one attached hydrogen (secondary N) is 2. The van der Waals surface area contributed by atoms with Crippen LogP contribution < -0.4 is 14.8 Å². The Labute approximate surface area is 168 Å². The number of carbonyl (C=O) groups excluding carboxylic acids is 1. The van der Waals surface area contributed by atoms with Gasteiger partial charge in [0, 0.05) is 28.7 Å². The minimum Gasteiger partial charge on any atom is -0.497 e. The Morgan fingerprint density at radius 1 is 1.17 bits per heavy atom. The topological polar surface area (TPSA) is 101 Å². The second-order valence-electron chi connectivity index (χ2n) is 6.81. The van der Waals surface area contributed by atoms with Crippen molar-refractivity contribution in [2.45, 2.75) is 25.8 Å². The maximum Gasteiger partial charge on any atom is 0.305 e. The molecule has 0 aliphatic heterocycles. The molecule has 0 saturated heterocycles. The molecule has 3 rings (SSSR count). The molecule has 0 radical (unpaired) electrons. The van der Waals surface area contributed by atoms with Crippen LogP contribution in [0.2, 0.25) is 0 Å². The molecule has 0 bridgehead atoms. The predicted octanol–water partition coefficient (Wildman–Crippen LogP) is 3.37. The molecule has 29 heavy (non-hydrogen) atoms. The van der Waals surface area contributed by atoms with E-state index in [0.717, 1.165) is 22.0 Å². The quantitative estimate of drug-likeness (QED) is 0.542. The van der Waals surface area contributed by atoms with Gasteiger partial charge in [-0.2, -0.15) is 0 Å². The Bertz CT molecular complexity index is 1040. The van der Waals surface area contributed by atoms with E-state index in [9.17, 15) is 14.7 Å². The Morgan fingerprint density at radius 2 is 1.97 bits per heavy atom. The van der Waals surface area contributed by atoms with Crippen molar-refractivity contribution in [3.05, 3.63) is 59.3 Å². The summed E-state index contributed by atoms with van der Waals surface area (Å²) < 4.78 is 10.6. The molecule has 0 aliphatic carbocycles. The molecule has 7 nitrogen and oxygen atoms in total. The molecule has 1 heterocycles. The fourth-order valence-corrected chi connectivity index (χ4v) is 3.53. The minimum atomic E-state index is -1.02. The number of ether oxygens (including phenoxy) is 2. The summed E-state index contributed by atoms with van der Waals surface area (Å²) in [6.45, 7) is 1.99. The number of aryl methyl sites for hydroxylation is 1. The van der Waals surface area contributed by atoms with Crippen molar-refractivity contribution in [1.82, 2.24) is 10.3 Å². The van der Waals surface area contributed by atoms with Gasteiger partial charge in [0.1, 0.15) is 11.5 Å². The summed E-state index contributed by atoms with van der Waals surface area (Å²) in [6, 6.07) is 10.3. The number of hydrogen-bond donors (Lipinski definition) is 3. The predicted molar refractivity (Wildman–Crippen MR) is 109 cm³/mol. The van der Waals surface area contributed by atoms with E-state index in [1.165, 1.54) is 14.2 Å². The average molecular weight is 396 g/mol. The van der Waals surface area contributed by atoms with Crippen LogP contribution in [0.25, 0.3) is 10.9 Å². The number of carbonyl (C=O) groups is 2. The van der Waals surface area contributed by atoms with Crippen molar-refractivity contribution in [2.75, 3.05) is 14.2 Å². The van der Waals surface area contributed by atoms with Crippen molar-refractivity contribution in [3.8, 4) is 11.5 Å². The van der Waals surface area contributed by atoms with E-state index in [1.807, 2.05) is 31.3 Å². The summed E-state index contributed by atoms with van der Waals surface area (Å²) >= 11 is 0. The molecule has 152 valence electrons. The normalized spacial score (nSPS) is 11.8. The van der Waals surface area contributed by atoms with Gasteiger partial charge < -0.3 is 24.9 Å². The lowest BCUT2D eigenvalue weighted by Gasteiger charge is -2.20. The Kier molecular flexibility index (Phi) is 6.07. The van der Waals surface area contributed by atoms with E-state index in [2.05, 4.69) is 10.3 Å². The number of hydrogen-bond acceptors (Lipinski definition) is 4. The second kappa shape index (κ2) is 8.68. The third-order valence-corrected chi connectivity index (χ3v) is 4.88. The molecule has 2 aromatic carbocycles. The van der Waals surface area contributed by atoms with Gasteiger partial charge in [0.05, 0.1) is 33.1 Å². The fourth-order valence-electron chi connectivity index (χ4n) is 3.53. The molecule has 0 fully saturated rings. The van der Waals surface area contributed by atoms with Crippen LogP contribution in [0.1, 0.15) is 29.2 Å². The van der Waals surface area contributed by atoms with Crippen LogP contribution in [-0.4, -0.2) is 36.2 Å². The molecule has 1 atom stereocenters. The van der Waals surface area contributed by atoms with Crippen LogP contribution in [-0.2, 0) is 16.0 Å². The van der Waals surface area contributed by atoms with Crippen LogP contribution in [0.5, 0.6) is 11.5 Å². The van der Waals surface area contributed by atoms with E-state index in [0.29, 0.717) is 17.1 Å². The molecule has 3 aromatic rings. The Hall–Kier alpha value is -3.48. The highest BCUT2D eigenvalue weighted by Gasteiger charge is 2.23. The van der Waals surface area contributed by atoms with E-state index >= 15 is 0 Å². The van der Waals surface area contributed by atoms with E-state index in [-0.39, 0.29) is 18.7 Å². The smallest absolute Gasteiger partial charge is 0.305 e. The van der Waals surface area contributed by atoms with Gasteiger partial charge in [-0.1, -0.05) is 12.1 Å². The first-order chi connectivity index (χ1) is 13.9. The van der Waals surface area contributed by atoms with Crippen molar-refractivity contribution in [3.63, 3.8) is 0 Å². The summed E-state index contributed by atoms with van der Waals surface area (Å²) in [5, 5.41) is 13.2. The first-order valence-corrected chi connectivity index (χ1v) is 9.21. The van der Waals surface area contributed by atoms with Gasteiger partial charge >= 0.3 is 5.97 Å². The van der Waals surface area contributed by atoms with Crippen molar-refractivity contribution >= 4 is 22.8 Å². The number of aliphatic carboxylic acids is 1. The zero-order valence-electron chi connectivity index (χ0n) is 16.6. The van der Waals surface area contributed by atoms with Gasteiger partial charge in [-0.3, -0.25) is 9.59 Å². The maximum atomic E-state index is 12.8. The van der Waals surface area contributed by atoms with E-state index < -0.39 is 12.0 Å². The molecular formula is C22H24N2O5. The lowest BCUT2D eigenvalue weighted by molar-refractivity contribution is -0.137. The standard InChI is InChI=1S/C22H24N2O5/c1-13-5-4-6-17-22(13)14(12-23-17)9-20(25)24-18(11-21(26)27)16-8-7-15(28-2)10-19(16)29-3/h4-8,10,12,18,23H,9,11H2,1-3H3,(H,24,25)(H,26,27). The lowest BCUT2D eigenvalue weighted by Crippen LogP contribution is -2.31. The van der Waals surface area contributed by atoms with Crippen LogP contribution >= 0.6 is 0 Å². The monoisotopic (exact) mass is 396 g/mol. The van der Waals surface area contributed by atoms with Gasteiger partial charge in [-0.05, 0) is 36.2 Å². The summed E-state index contributed by atoms with van der Waals surface area (Å²) in [6.07, 6.45) is 1.69. The van der Waals surface area contributed by atoms with E-state index in [1.54, 1.807) is 18.2 Å². The highest BCUT2D eigenvalue weighted by atomic mass is 16.5. The zero-order chi connectivity index (χ0) is 21.0. The first-order valence-electron chi connectivity index (χ1n) is 9.21. The maximum absolute atomic E-state index is 12.8. The van der Waals surface area contributed by atoms with Crippen molar-refractivity contribution in [1.29, 1.82) is 0 Å². The number of carboxylic acid groups (broad SMARTS) is 1. The largest absolute Gasteiger partial charge is 0.497 e. The summed E-state index contributed by atoms with van der Waals surface area (Å²) in [5.41, 5.74) is 3.49. The van der Waals surface area contributed by atoms with Gasteiger partial charge in [0.15, 0.2) is 0 Å². The number of aromatic nitrogens is 1. The second-order valence-corrected chi connectivity index (χ2v) is 6.81. The third-order valence-electron chi connectivity index (χ3n) is 4.88. The summed E-state index contributed by atoms with van der Waals surface area (Å²) in [7, 11) is 3.03. The lowest BCUT2D eigenvalue weighted by atomic mass is 10.0. The van der Waals surface area contributed by atoms with Gasteiger partial charge in [0.25, 0.3) is 0 Å². The molecule has 0 spiro atoms.